The Morgan fingerprint density at radius 3 is 2.42 bits per heavy atom. The van der Waals surface area contributed by atoms with Crippen LogP contribution in [0.25, 0.3) is 0 Å². The van der Waals surface area contributed by atoms with E-state index >= 15 is 0 Å². The number of nitrogens with zero attached hydrogens (tertiary/aromatic N) is 1. The number of benzene rings is 1. The molecular weight excluding hydrogens is 312 g/mol. The van der Waals surface area contributed by atoms with E-state index in [1.54, 1.807) is 20.8 Å². The van der Waals surface area contributed by atoms with Crippen LogP contribution in [0.5, 0.6) is 0 Å². The number of H-pyrrole nitrogens is 1. The molecule has 1 heterocycles. The minimum absolute atomic E-state index is 0.0339. The molecule has 8 nitrogen and oxygen atoms in total. The van der Waals surface area contributed by atoms with Gasteiger partial charge in [0, 0.05) is 12.1 Å². The van der Waals surface area contributed by atoms with Gasteiger partial charge in [-0.2, -0.15) is 0 Å². The summed E-state index contributed by atoms with van der Waals surface area (Å²) >= 11 is 0. The van der Waals surface area contributed by atoms with Crippen molar-refractivity contribution in [2.75, 3.05) is 5.32 Å². The van der Waals surface area contributed by atoms with E-state index in [1.165, 1.54) is 0 Å². The number of hydrogen-bond acceptors (Lipinski definition) is 5. The maximum Gasteiger partial charge on any atom is 0.363 e. The van der Waals surface area contributed by atoms with Crippen molar-refractivity contribution in [2.24, 2.45) is 0 Å². The van der Waals surface area contributed by atoms with E-state index in [4.69, 9.17) is 0 Å². The number of anilines is 1. The van der Waals surface area contributed by atoms with E-state index in [2.05, 4.69) is 15.6 Å². The predicted molar refractivity (Wildman–Crippen MR) is 89.5 cm³/mol. The number of aromatic amines is 1. The van der Waals surface area contributed by atoms with Gasteiger partial charge in [-0.3, -0.25) is 14.6 Å². The van der Waals surface area contributed by atoms with Crippen molar-refractivity contribution in [3.05, 3.63) is 62.3 Å². The molecule has 0 fully saturated rings. The second-order valence-corrected chi connectivity index (χ2v) is 6.34. The summed E-state index contributed by atoms with van der Waals surface area (Å²) in [6, 6.07) is 9.16. The van der Waals surface area contributed by atoms with Gasteiger partial charge in [0.05, 0.1) is 0 Å². The second-order valence-electron chi connectivity index (χ2n) is 6.34. The SMILES string of the molecule is CC(C)(C)Nc1[nH]c(=O)n(O)c(=O)c1C(=O)NCc1ccccc1. The van der Waals surface area contributed by atoms with Crippen LogP contribution >= 0.6 is 0 Å². The lowest BCUT2D eigenvalue weighted by Gasteiger charge is -2.23. The lowest BCUT2D eigenvalue weighted by molar-refractivity contribution is 0.0940. The van der Waals surface area contributed by atoms with Crippen molar-refractivity contribution in [1.82, 2.24) is 15.0 Å². The normalized spacial score (nSPS) is 11.1. The van der Waals surface area contributed by atoms with Gasteiger partial charge in [-0.05, 0) is 26.3 Å². The summed E-state index contributed by atoms with van der Waals surface area (Å²) in [7, 11) is 0. The average molecular weight is 332 g/mol. The molecule has 1 aromatic heterocycles. The predicted octanol–water partition coefficient (Wildman–Crippen LogP) is 0.914. The van der Waals surface area contributed by atoms with Crippen molar-refractivity contribution in [3.8, 4) is 0 Å². The van der Waals surface area contributed by atoms with E-state index in [1.807, 2.05) is 30.3 Å². The number of hydrogen-bond donors (Lipinski definition) is 4. The molecule has 0 aliphatic heterocycles. The van der Waals surface area contributed by atoms with E-state index in [-0.39, 0.29) is 22.7 Å². The van der Waals surface area contributed by atoms with E-state index in [0.29, 0.717) is 0 Å². The molecule has 8 heteroatoms. The molecule has 4 N–H and O–H groups in total. The number of carbonyl (C=O) groups excluding carboxylic acids is 1. The highest BCUT2D eigenvalue weighted by molar-refractivity contribution is 5.98. The summed E-state index contributed by atoms with van der Waals surface area (Å²) in [4.78, 5) is 38.4. The van der Waals surface area contributed by atoms with E-state index in [0.717, 1.165) is 5.56 Å². The van der Waals surface area contributed by atoms with Gasteiger partial charge in [-0.25, -0.2) is 4.79 Å². The average Bonchev–Trinajstić information content (AvgIpc) is 2.50. The Bertz CT molecular complexity index is 847. The summed E-state index contributed by atoms with van der Waals surface area (Å²) < 4.78 is -0.120. The highest BCUT2D eigenvalue weighted by Crippen LogP contribution is 2.13. The Morgan fingerprint density at radius 1 is 1.21 bits per heavy atom. The molecule has 0 saturated heterocycles. The highest BCUT2D eigenvalue weighted by atomic mass is 16.5. The van der Waals surface area contributed by atoms with Crippen LogP contribution in [0, 0.1) is 0 Å². The Hall–Kier alpha value is -3.03. The third kappa shape index (κ3) is 4.03. The van der Waals surface area contributed by atoms with Crippen LogP contribution in [-0.4, -0.2) is 26.4 Å². The monoisotopic (exact) mass is 332 g/mol. The van der Waals surface area contributed by atoms with Crippen molar-refractivity contribution < 1.29 is 10.0 Å². The molecule has 0 bridgehead atoms. The molecule has 24 heavy (non-hydrogen) atoms. The molecule has 1 amide bonds. The van der Waals surface area contributed by atoms with Gasteiger partial charge < -0.3 is 15.8 Å². The number of rotatable bonds is 4. The second kappa shape index (κ2) is 6.61. The number of aromatic nitrogens is 2. The molecule has 0 spiro atoms. The summed E-state index contributed by atoms with van der Waals surface area (Å²) in [6.07, 6.45) is 0. The minimum atomic E-state index is -1.09. The molecular formula is C16H20N4O4. The zero-order chi connectivity index (χ0) is 17.9. The Kier molecular flexibility index (Phi) is 4.77. The van der Waals surface area contributed by atoms with Crippen LogP contribution in [-0.2, 0) is 6.54 Å². The Labute approximate surface area is 138 Å². The molecule has 0 radical (unpaired) electrons. The van der Waals surface area contributed by atoms with Crippen molar-refractivity contribution in [3.63, 3.8) is 0 Å². The van der Waals surface area contributed by atoms with Crippen LogP contribution in [0.15, 0.2) is 39.9 Å². The largest absolute Gasteiger partial charge is 0.421 e. The molecule has 0 unspecified atom stereocenters. The van der Waals surface area contributed by atoms with Crippen LogP contribution in [0.1, 0.15) is 36.7 Å². The summed E-state index contributed by atoms with van der Waals surface area (Å²) in [5, 5.41) is 15.0. The zero-order valence-corrected chi connectivity index (χ0v) is 13.7. The van der Waals surface area contributed by atoms with Crippen molar-refractivity contribution in [1.29, 1.82) is 0 Å². The van der Waals surface area contributed by atoms with E-state index < -0.39 is 22.7 Å². The van der Waals surface area contributed by atoms with E-state index in [9.17, 15) is 19.6 Å². The fraction of sp³-hybridized carbons (Fsp3) is 0.312. The highest BCUT2D eigenvalue weighted by Gasteiger charge is 2.23. The topological polar surface area (TPSA) is 116 Å². The summed E-state index contributed by atoms with van der Waals surface area (Å²) in [5.41, 5.74) is -2.12. The van der Waals surface area contributed by atoms with Gasteiger partial charge >= 0.3 is 11.2 Å². The fourth-order valence-corrected chi connectivity index (χ4v) is 2.07. The molecule has 2 rings (SSSR count). The molecule has 0 atom stereocenters. The van der Waals surface area contributed by atoms with Crippen LogP contribution in [0.2, 0.25) is 0 Å². The maximum atomic E-state index is 12.4. The first-order valence-corrected chi connectivity index (χ1v) is 7.38. The van der Waals surface area contributed by atoms with Gasteiger partial charge in [0.25, 0.3) is 5.91 Å². The number of nitrogens with one attached hydrogen (secondary N) is 3. The first-order chi connectivity index (χ1) is 11.2. The van der Waals surface area contributed by atoms with Crippen molar-refractivity contribution in [2.45, 2.75) is 32.9 Å². The third-order valence-corrected chi connectivity index (χ3v) is 3.10. The first-order valence-electron chi connectivity index (χ1n) is 7.38. The summed E-state index contributed by atoms with van der Waals surface area (Å²) in [6.45, 7) is 5.63. The summed E-state index contributed by atoms with van der Waals surface area (Å²) in [5.74, 6) is -0.733. The molecule has 1 aromatic carbocycles. The van der Waals surface area contributed by atoms with Crippen molar-refractivity contribution >= 4 is 11.7 Å². The first kappa shape index (κ1) is 17.3. The van der Waals surface area contributed by atoms with Gasteiger partial charge in [0.1, 0.15) is 11.4 Å². The Morgan fingerprint density at radius 2 is 1.83 bits per heavy atom. The quantitative estimate of drug-likeness (QED) is 0.621. The Balaban J connectivity index is 2.36. The smallest absolute Gasteiger partial charge is 0.363 e. The third-order valence-electron chi connectivity index (χ3n) is 3.10. The number of carbonyl (C=O) groups is 1. The lowest BCUT2D eigenvalue weighted by atomic mass is 10.1. The minimum Gasteiger partial charge on any atom is -0.421 e. The number of amides is 1. The zero-order valence-electron chi connectivity index (χ0n) is 13.7. The van der Waals surface area contributed by atoms with Crippen LogP contribution < -0.4 is 21.9 Å². The van der Waals surface area contributed by atoms with Gasteiger partial charge in [0.15, 0.2) is 0 Å². The molecule has 0 aliphatic rings. The molecule has 2 aromatic rings. The van der Waals surface area contributed by atoms with Gasteiger partial charge in [-0.1, -0.05) is 35.1 Å². The van der Waals surface area contributed by atoms with Gasteiger partial charge in [-0.15, -0.1) is 0 Å². The molecule has 0 saturated carbocycles. The maximum absolute atomic E-state index is 12.4. The van der Waals surface area contributed by atoms with Gasteiger partial charge in [0.2, 0.25) is 0 Å². The van der Waals surface area contributed by atoms with Crippen LogP contribution in [0.4, 0.5) is 5.82 Å². The van der Waals surface area contributed by atoms with Crippen LogP contribution in [0.3, 0.4) is 0 Å². The molecule has 128 valence electrons. The molecule has 0 aliphatic carbocycles. The lowest BCUT2D eigenvalue weighted by Crippen LogP contribution is -2.42. The standard InChI is InChI=1S/C16H20N4O4/c1-16(2,3)19-12-11(14(22)20(24)15(23)18-12)13(21)17-9-10-7-5-4-6-8-10/h4-8,19,24H,9H2,1-3H3,(H,17,21)(H,18,23). The fourth-order valence-electron chi connectivity index (χ4n) is 2.07.